The van der Waals surface area contributed by atoms with Crippen molar-refractivity contribution in [1.82, 2.24) is 0 Å². The number of halogens is 4. The van der Waals surface area contributed by atoms with Crippen LogP contribution in [0.5, 0.6) is 0 Å². The average molecular weight is 299 g/mol. The summed E-state index contributed by atoms with van der Waals surface area (Å²) in [6.45, 7) is 3.47. The molecule has 20 heavy (non-hydrogen) atoms. The highest BCUT2D eigenvalue weighted by molar-refractivity contribution is 6.21. The summed E-state index contributed by atoms with van der Waals surface area (Å²) in [5, 5.41) is -0.609. The van der Waals surface area contributed by atoms with Gasteiger partial charge in [0.2, 0.25) is 0 Å². The van der Waals surface area contributed by atoms with Crippen LogP contribution in [-0.2, 0) is 6.42 Å². The van der Waals surface area contributed by atoms with Gasteiger partial charge in [0.05, 0.1) is 5.38 Å². The lowest BCUT2D eigenvalue weighted by molar-refractivity contribution is 0.552. The first kappa shape index (κ1) is 14.9. The molecule has 1 unspecified atom stereocenters. The summed E-state index contributed by atoms with van der Waals surface area (Å²) in [6.07, 6.45) is 0.0212. The molecule has 0 nitrogen and oxygen atoms in total. The second-order valence-corrected chi connectivity index (χ2v) is 5.35. The SMILES string of the molecule is Cc1cc(F)cc(C)c1C(Cl)Cc1c(F)cccc1F. The summed E-state index contributed by atoms with van der Waals surface area (Å²) in [4.78, 5) is 0. The summed E-state index contributed by atoms with van der Waals surface area (Å²) in [5.41, 5.74) is 2.03. The minimum atomic E-state index is -0.618. The van der Waals surface area contributed by atoms with Crippen LogP contribution in [0.15, 0.2) is 30.3 Å². The summed E-state index contributed by atoms with van der Waals surface area (Å²) < 4.78 is 40.5. The van der Waals surface area contributed by atoms with Gasteiger partial charge in [0.15, 0.2) is 0 Å². The second kappa shape index (κ2) is 5.88. The predicted octanol–water partition coefficient (Wildman–Crippen LogP) is 5.24. The van der Waals surface area contributed by atoms with E-state index >= 15 is 0 Å². The molecule has 0 bridgehead atoms. The molecule has 0 aliphatic carbocycles. The molecule has 0 heterocycles. The zero-order chi connectivity index (χ0) is 14.9. The first-order valence-corrected chi connectivity index (χ1v) is 6.67. The second-order valence-electron chi connectivity index (χ2n) is 4.83. The summed E-state index contributed by atoms with van der Waals surface area (Å²) in [7, 11) is 0. The minimum absolute atomic E-state index is 0.0212. The molecule has 0 saturated heterocycles. The number of hydrogen-bond donors (Lipinski definition) is 0. The van der Waals surface area contributed by atoms with Crippen molar-refractivity contribution >= 4 is 11.6 Å². The van der Waals surface area contributed by atoms with Crippen molar-refractivity contribution in [3.8, 4) is 0 Å². The molecule has 0 saturated carbocycles. The number of rotatable bonds is 3. The molecular formula is C16H14ClF3. The largest absolute Gasteiger partial charge is 0.207 e. The molecule has 0 fully saturated rings. The van der Waals surface area contributed by atoms with Gasteiger partial charge in [-0.1, -0.05) is 6.07 Å². The van der Waals surface area contributed by atoms with Gasteiger partial charge >= 0.3 is 0 Å². The van der Waals surface area contributed by atoms with Gasteiger partial charge in [-0.15, -0.1) is 11.6 Å². The maximum atomic E-state index is 13.6. The van der Waals surface area contributed by atoms with Crippen LogP contribution in [0.2, 0.25) is 0 Å². The van der Waals surface area contributed by atoms with E-state index in [1.54, 1.807) is 13.8 Å². The van der Waals surface area contributed by atoms with E-state index < -0.39 is 17.0 Å². The van der Waals surface area contributed by atoms with E-state index in [1.165, 1.54) is 30.3 Å². The number of benzene rings is 2. The fourth-order valence-electron chi connectivity index (χ4n) is 2.42. The highest BCUT2D eigenvalue weighted by Gasteiger charge is 2.19. The molecule has 2 rings (SSSR count). The molecule has 0 N–H and O–H groups in total. The highest BCUT2D eigenvalue weighted by atomic mass is 35.5. The van der Waals surface area contributed by atoms with E-state index in [2.05, 4.69) is 0 Å². The van der Waals surface area contributed by atoms with Crippen LogP contribution in [0, 0.1) is 31.3 Å². The first-order chi connectivity index (χ1) is 9.40. The Bertz CT molecular complexity index is 594. The van der Waals surface area contributed by atoms with Gasteiger partial charge in [0.1, 0.15) is 17.5 Å². The predicted molar refractivity (Wildman–Crippen MR) is 74.5 cm³/mol. The molecule has 0 radical (unpaired) electrons. The lowest BCUT2D eigenvalue weighted by Gasteiger charge is -2.17. The topological polar surface area (TPSA) is 0 Å². The molecular weight excluding hydrogens is 285 g/mol. The molecule has 4 heteroatoms. The molecule has 0 amide bonds. The van der Waals surface area contributed by atoms with E-state index in [9.17, 15) is 13.2 Å². The fraction of sp³-hybridized carbons (Fsp3) is 0.250. The Hall–Kier alpha value is -1.48. The van der Waals surface area contributed by atoms with Gasteiger partial charge in [-0.3, -0.25) is 0 Å². The van der Waals surface area contributed by atoms with Crippen LogP contribution in [-0.4, -0.2) is 0 Å². The van der Waals surface area contributed by atoms with Crippen LogP contribution in [0.25, 0.3) is 0 Å². The van der Waals surface area contributed by atoms with E-state index in [0.29, 0.717) is 11.1 Å². The van der Waals surface area contributed by atoms with Gasteiger partial charge in [-0.25, -0.2) is 13.2 Å². The van der Waals surface area contributed by atoms with Crippen molar-refractivity contribution < 1.29 is 13.2 Å². The van der Waals surface area contributed by atoms with Gasteiger partial charge in [0, 0.05) is 5.56 Å². The molecule has 0 spiro atoms. The van der Waals surface area contributed by atoms with Crippen molar-refractivity contribution in [1.29, 1.82) is 0 Å². The van der Waals surface area contributed by atoms with Crippen molar-refractivity contribution in [2.24, 2.45) is 0 Å². The van der Waals surface area contributed by atoms with Crippen LogP contribution in [0.1, 0.15) is 27.6 Å². The zero-order valence-corrected chi connectivity index (χ0v) is 11.9. The first-order valence-electron chi connectivity index (χ1n) is 6.23. The minimum Gasteiger partial charge on any atom is -0.207 e. The molecule has 106 valence electrons. The Labute approximate surface area is 121 Å². The Morgan fingerprint density at radius 3 is 2.00 bits per heavy atom. The monoisotopic (exact) mass is 298 g/mol. The normalized spacial score (nSPS) is 12.5. The quantitative estimate of drug-likeness (QED) is 0.680. The van der Waals surface area contributed by atoms with E-state index in [1.807, 2.05) is 0 Å². The maximum absolute atomic E-state index is 13.6. The van der Waals surface area contributed by atoms with Gasteiger partial charge in [-0.05, 0) is 61.2 Å². The molecule has 2 aromatic rings. The number of hydrogen-bond acceptors (Lipinski definition) is 0. The van der Waals surface area contributed by atoms with Crippen molar-refractivity contribution in [2.45, 2.75) is 25.6 Å². The Morgan fingerprint density at radius 2 is 1.50 bits per heavy atom. The van der Waals surface area contributed by atoms with E-state index in [0.717, 1.165) is 5.56 Å². The van der Waals surface area contributed by atoms with Crippen molar-refractivity contribution in [2.75, 3.05) is 0 Å². The third-order valence-electron chi connectivity index (χ3n) is 3.32. The fourth-order valence-corrected chi connectivity index (χ4v) is 2.92. The summed E-state index contributed by atoms with van der Waals surface area (Å²) in [6, 6.07) is 6.45. The Morgan fingerprint density at radius 1 is 1.00 bits per heavy atom. The molecule has 2 aromatic carbocycles. The molecule has 0 aliphatic rings. The number of alkyl halides is 1. The third-order valence-corrected chi connectivity index (χ3v) is 3.69. The summed E-state index contributed by atoms with van der Waals surface area (Å²) in [5.74, 6) is -1.58. The smallest absolute Gasteiger partial charge is 0.129 e. The number of aryl methyl sites for hydroxylation is 2. The van der Waals surface area contributed by atoms with Crippen LogP contribution in [0.4, 0.5) is 13.2 Å². The van der Waals surface area contributed by atoms with Crippen molar-refractivity contribution in [3.63, 3.8) is 0 Å². The van der Waals surface area contributed by atoms with E-state index in [-0.39, 0.29) is 17.8 Å². The van der Waals surface area contributed by atoms with Crippen molar-refractivity contribution in [3.05, 3.63) is 70.0 Å². The van der Waals surface area contributed by atoms with Crippen LogP contribution < -0.4 is 0 Å². The maximum Gasteiger partial charge on any atom is 0.129 e. The Balaban J connectivity index is 2.36. The van der Waals surface area contributed by atoms with Crippen LogP contribution >= 0.6 is 11.6 Å². The van der Waals surface area contributed by atoms with Gasteiger partial charge in [0.25, 0.3) is 0 Å². The third kappa shape index (κ3) is 2.98. The van der Waals surface area contributed by atoms with Gasteiger partial charge in [-0.2, -0.15) is 0 Å². The highest BCUT2D eigenvalue weighted by Crippen LogP contribution is 2.32. The standard InChI is InChI=1S/C16H14ClF3/c1-9-6-11(18)7-10(2)16(9)13(17)8-12-14(19)4-3-5-15(12)20/h3-7,13H,8H2,1-2H3. The lowest BCUT2D eigenvalue weighted by Crippen LogP contribution is -2.05. The van der Waals surface area contributed by atoms with E-state index in [4.69, 9.17) is 11.6 Å². The Kier molecular flexibility index (Phi) is 4.39. The summed E-state index contributed by atoms with van der Waals surface area (Å²) >= 11 is 6.29. The van der Waals surface area contributed by atoms with Crippen LogP contribution in [0.3, 0.4) is 0 Å². The molecule has 0 aromatic heterocycles. The zero-order valence-electron chi connectivity index (χ0n) is 11.2. The average Bonchev–Trinajstić information content (AvgIpc) is 2.32. The molecule has 1 atom stereocenters. The lowest BCUT2D eigenvalue weighted by atomic mass is 9.95. The molecule has 0 aliphatic heterocycles. The van der Waals surface area contributed by atoms with Gasteiger partial charge < -0.3 is 0 Å².